The summed E-state index contributed by atoms with van der Waals surface area (Å²) in [5, 5.41) is 0.679. The van der Waals surface area contributed by atoms with Gasteiger partial charge in [-0.1, -0.05) is 0 Å². The first-order valence-corrected chi connectivity index (χ1v) is 11.9. The molecular formula is C14H22ClO3PSe. The van der Waals surface area contributed by atoms with Gasteiger partial charge in [-0.15, -0.1) is 0 Å². The fraction of sp³-hybridized carbons (Fsp3) is 0.571. The van der Waals surface area contributed by atoms with E-state index in [0.29, 0.717) is 18.2 Å². The predicted octanol–water partition coefficient (Wildman–Crippen LogP) is 4.41. The molecule has 6 heteroatoms. The van der Waals surface area contributed by atoms with Crippen LogP contribution in [0, 0.1) is 0 Å². The van der Waals surface area contributed by atoms with Gasteiger partial charge in [-0.25, -0.2) is 0 Å². The van der Waals surface area contributed by atoms with Gasteiger partial charge in [0.25, 0.3) is 0 Å². The maximum atomic E-state index is 12.8. The number of hydrogen-bond acceptors (Lipinski definition) is 3. The van der Waals surface area contributed by atoms with Crippen LogP contribution >= 0.6 is 17.9 Å². The van der Waals surface area contributed by atoms with Crippen LogP contribution in [0.1, 0.15) is 39.5 Å². The minimum absolute atomic E-state index is 0.334. The third-order valence-corrected chi connectivity index (χ3v) is 8.84. The van der Waals surface area contributed by atoms with Gasteiger partial charge in [0, 0.05) is 0 Å². The summed E-state index contributed by atoms with van der Waals surface area (Å²) in [6.07, 6.45) is 0.838. The Morgan fingerprint density at radius 2 is 1.55 bits per heavy atom. The van der Waals surface area contributed by atoms with E-state index in [1.807, 2.05) is 12.1 Å². The van der Waals surface area contributed by atoms with Crippen molar-refractivity contribution in [1.29, 1.82) is 0 Å². The molecule has 0 bridgehead atoms. The molecule has 0 atom stereocenters. The van der Waals surface area contributed by atoms with Gasteiger partial charge in [0.15, 0.2) is 0 Å². The number of halogens is 1. The van der Waals surface area contributed by atoms with Crippen LogP contribution in [0.2, 0.25) is 5.02 Å². The first-order valence-electron chi connectivity index (χ1n) is 6.94. The van der Waals surface area contributed by atoms with E-state index in [4.69, 9.17) is 20.6 Å². The van der Waals surface area contributed by atoms with Crippen molar-refractivity contribution in [2.24, 2.45) is 0 Å². The standard InChI is InChI=1S/C14H22ClO3PSe/c1-3-5-11-17-19(16,18-12-6-4-2)20-14-9-7-13(15)8-10-14/h7-10H,3-6,11-12H2,1-2H3. The Bertz CT molecular complexity index is 411. The van der Waals surface area contributed by atoms with E-state index in [9.17, 15) is 4.57 Å². The quantitative estimate of drug-likeness (QED) is 0.341. The van der Waals surface area contributed by atoms with Gasteiger partial charge in [0.05, 0.1) is 0 Å². The topological polar surface area (TPSA) is 35.5 Å². The van der Waals surface area contributed by atoms with Gasteiger partial charge in [-0.05, 0) is 0 Å². The molecule has 0 saturated heterocycles. The van der Waals surface area contributed by atoms with Crippen molar-refractivity contribution in [3.63, 3.8) is 0 Å². The summed E-state index contributed by atoms with van der Waals surface area (Å²) in [5.74, 6) is 0. The van der Waals surface area contributed by atoms with E-state index in [0.717, 1.165) is 30.1 Å². The normalized spacial score (nSPS) is 11.8. The molecule has 0 aliphatic carbocycles. The van der Waals surface area contributed by atoms with E-state index in [1.165, 1.54) is 0 Å². The van der Waals surface area contributed by atoms with Gasteiger partial charge >= 0.3 is 133 Å². The van der Waals surface area contributed by atoms with Gasteiger partial charge in [0.1, 0.15) is 0 Å². The van der Waals surface area contributed by atoms with Crippen LogP contribution in [0.4, 0.5) is 0 Å². The second-order valence-electron chi connectivity index (χ2n) is 4.37. The minimum atomic E-state index is -3.00. The van der Waals surface area contributed by atoms with Crippen molar-refractivity contribution < 1.29 is 13.6 Å². The number of unbranched alkanes of at least 4 members (excludes halogenated alkanes) is 2. The average Bonchev–Trinajstić information content (AvgIpc) is 2.42. The molecule has 0 spiro atoms. The monoisotopic (exact) mass is 384 g/mol. The van der Waals surface area contributed by atoms with Crippen LogP contribution < -0.4 is 4.46 Å². The van der Waals surface area contributed by atoms with E-state index in [1.54, 1.807) is 12.1 Å². The molecule has 0 saturated carbocycles. The molecule has 0 unspecified atom stereocenters. The summed E-state index contributed by atoms with van der Waals surface area (Å²) in [6, 6.07) is 7.39. The van der Waals surface area contributed by atoms with Crippen molar-refractivity contribution in [2.45, 2.75) is 39.5 Å². The summed E-state index contributed by atoms with van der Waals surface area (Å²) in [7, 11) is 0. The Balaban J connectivity index is 2.64. The zero-order valence-electron chi connectivity index (χ0n) is 12.0. The summed E-state index contributed by atoms with van der Waals surface area (Å²) >= 11 is 5.53. The Kier molecular flexibility index (Phi) is 9.11. The van der Waals surface area contributed by atoms with Crippen molar-refractivity contribution in [1.82, 2.24) is 0 Å². The number of benzene rings is 1. The Hall–Kier alpha value is 0.179. The van der Waals surface area contributed by atoms with Crippen molar-refractivity contribution in [3.05, 3.63) is 29.3 Å². The van der Waals surface area contributed by atoms with Crippen LogP contribution in [0.3, 0.4) is 0 Å². The van der Waals surface area contributed by atoms with Crippen LogP contribution in [-0.2, 0) is 13.6 Å². The third-order valence-electron chi connectivity index (χ3n) is 2.53. The predicted molar refractivity (Wildman–Crippen MR) is 86.2 cm³/mol. The number of hydrogen-bond donors (Lipinski definition) is 0. The summed E-state index contributed by atoms with van der Waals surface area (Å²) in [4.78, 5) is 0. The fourth-order valence-corrected chi connectivity index (χ4v) is 7.03. The van der Waals surface area contributed by atoms with Gasteiger partial charge in [-0.3, -0.25) is 0 Å². The van der Waals surface area contributed by atoms with Crippen molar-refractivity contribution in [2.75, 3.05) is 13.2 Å². The zero-order chi connectivity index (χ0) is 14.8. The Labute approximate surface area is 132 Å². The molecule has 0 aliphatic heterocycles. The Morgan fingerprint density at radius 1 is 1.05 bits per heavy atom. The molecule has 3 nitrogen and oxygen atoms in total. The molecule has 20 heavy (non-hydrogen) atoms. The molecule has 0 radical (unpaired) electrons. The van der Waals surface area contributed by atoms with E-state index in [2.05, 4.69) is 13.8 Å². The van der Waals surface area contributed by atoms with Gasteiger partial charge < -0.3 is 0 Å². The SMILES string of the molecule is CCCCOP(=O)(OCCCC)[Se]c1ccc(Cl)cc1. The molecule has 0 heterocycles. The molecule has 0 fully saturated rings. The first kappa shape index (κ1) is 18.2. The van der Waals surface area contributed by atoms with Crippen LogP contribution in [0.5, 0.6) is 0 Å². The van der Waals surface area contributed by atoms with E-state index >= 15 is 0 Å². The van der Waals surface area contributed by atoms with Crippen LogP contribution in [-0.4, -0.2) is 27.7 Å². The van der Waals surface area contributed by atoms with Gasteiger partial charge in [0.2, 0.25) is 0 Å². The molecule has 1 aromatic carbocycles. The molecule has 114 valence electrons. The maximum absolute atomic E-state index is 12.8. The zero-order valence-corrected chi connectivity index (χ0v) is 15.4. The second kappa shape index (κ2) is 10.00. The molecule has 0 aromatic heterocycles. The van der Waals surface area contributed by atoms with Gasteiger partial charge in [-0.2, -0.15) is 0 Å². The summed E-state index contributed by atoms with van der Waals surface area (Å²) in [5.41, 5.74) is 0. The third kappa shape index (κ3) is 7.26. The molecule has 0 amide bonds. The summed E-state index contributed by atoms with van der Waals surface area (Å²) < 4.78 is 24.9. The van der Waals surface area contributed by atoms with E-state index < -0.39 is 6.29 Å². The first-order chi connectivity index (χ1) is 9.59. The van der Waals surface area contributed by atoms with Crippen molar-refractivity contribution >= 4 is 36.9 Å². The fourth-order valence-electron chi connectivity index (χ4n) is 1.36. The molecular weight excluding hydrogens is 362 g/mol. The molecule has 0 aliphatic rings. The van der Waals surface area contributed by atoms with Crippen LogP contribution in [0.15, 0.2) is 24.3 Å². The molecule has 1 aromatic rings. The van der Waals surface area contributed by atoms with Crippen LogP contribution in [0.25, 0.3) is 0 Å². The average molecular weight is 384 g/mol. The number of rotatable bonds is 10. The van der Waals surface area contributed by atoms with Crippen molar-refractivity contribution in [3.8, 4) is 0 Å². The second-order valence-corrected chi connectivity index (χ2v) is 11.3. The summed E-state index contributed by atoms with van der Waals surface area (Å²) in [6.45, 7) is 5.15. The van der Waals surface area contributed by atoms with E-state index in [-0.39, 0.29) is 14.5 Å². The molecule has 1 rings (SSSR count). The Morgan fingerprint density at radius 3 is 2.00 bits per heavy atom. The molecule has 0 N–H and O–H groups in total.